The van der Waals surface area contributed by atoms with Gasteiger partial charge in [-0.15, -0.1) is 10.2 Å². The average Bonchev–Trinajstić information content (AvgIpc) is 3.31. The molecule has 0 radical (unpaired) electrons. The number of carbonyl (C=O) groups is 1. The Morgan fingerprint density at radius 2 is 1.94 bits per heavy atom. The van der Waals surface area contributed by atoms with Crippen molar-refractivity contribution in [3.8, 4) is 0 Å². The van der Waals surface area contributed by atoms with Crippen LogP contribution in [-0.2, 0) is 18.3 Å². The first-order valence-corrected chi connectivity index (χ1v) is 11.8. The zero-order valence-corrected chi connectivity index (χ0v) is 21.2. The molecule has 0 saturated heterocycles. The number of rotatable bonds is 8. The molecule has 1 aromatic heterocycles. The van der Waals surface area contributed by atoms with Crippen molar-refractivity contribution in [2.75, 3.05) is 13.6 Å². The molecule has 0 spiro atoms. The van der Waals surface area contributed by atoms with Crippen molar-refractivity contribution in [3.05, 3.63) is 11.6 Å². The molecule has 9 heteroatoms. The van der Waals surface area contributed by atoms with Gasteiger partial charge in [0.2, 0.25) is 0 Å². The molecule has 9 nitrogen and oxygen atoms in total. The second-order valence-electron chi connectivity index (χ2n) is 10.2. The maximum atomic E-state index is 12.3. The van der Waals surface area contributed by atoms with Gasteiger partial charge in [0.1, 0.15) is 18.0 Å². The third-order valence-electron chi connectivity index (χ3n) is 5.89. The molecule has 1 aliphatic rings. The highest BCUT2D eigenvalue weighted by atomic mass is 16.6. The highest BCUT2D eigenvalue weighted by Gasteiger charge is 2.23. The maximum Gasteiger partial charge on any atom is 0.407 e. The molecule has 0 aliphatic heterocycles. The molecular weight excluding hydrogens is 406 g/mol. The van der Waals surface area contributed by atoms with Crippen LogP contribution >= 0.6 is 0 Å². The van der Waals surface area contributed by atoms with Crippen LogP contribution in [-0.4, -0.2) is 63.0 Å². The van der Waals surface area contributed by atoms with E-state index < -0.39 is 5.60 Å². The average molecular weight is 450 g/mol. The minimum absolute atomic E-state index is 0.0152. The molecular formula is C23H43N7O2. The highest BCUT2D eigenvalue weighted by molar-refractivity contribution is 5.80. The van der Waals surface area contributed by atoms with Crippen LogP contribution in [0.5, 0.6) is 0 Å². The number of hydrogen-bond donors (Lipinski definition) is 2. The largest absolute Gasteiger partial charge is 0.444 e. The van der Waals surface area contributed by atoms with Gasteiger partial charge in [0.05, 0.1) is 0 Å². The smallest absolute Gasteiger partial charge is 0.407 e. The van der Waals surface area contributed by atoms with Gasteiger partial charge in [0.25, 0.3) is 0 Å². The van der Waals surface area contributed by atoms with Crippen LogP contribution in [0.1, 0.15) is 78.4 Å². The Balaban J connectivity index is 2.03. The van der Waals surface area contributed by atoms with Crippen molar-refractivity contribution >= 4 is 12.1 Å². The Labute approximate surface area is 193 Å². The van der Waals surface area contributed by atoms with Crippen molar-refractivity contribution < 1.29 is 9.53 Å². The lowest BCUT2D eigenvalue weighted by molar-refractivity contribution is 0.0486. The molecule has 1 amide bonds. The van der Waals surface area contributed by atoms with E-state index in [1.54, 1.807) is 0 Å². The molecule has 0 aromatic carbocycles. The van der Waals surface area contributed by atoms with Crippen molar-refractivity contribution in [2.45, 2.75) is 97.9 Å². The van der Waals surface area contributed by atoms with E-state index in [0.29, 0.717) is 18.5 Å². The quantitative estimate of drug-likeness (QED) is 0.466. The third-order valence-corrected chi connectivity index (χ3v) is 5.89. The fourth-order valence-corrected chi connectivity index (χ4v) is 3.73. The first-order chi connectivity index (χ1) is 15.0. The minimum Gasteiger partial charge on any atom is -0.444 e. The summed E-state index contributed by atoms with van der Waals surface area (Å²) in [5, 5.41) is 15.0. The summed E-state index contributed by atoms with van der Waals surface area (Å²) >= 11 is 0. The molecule has 0 bridgehead atoms. The minimum atomic E-state index is -0.508. The Hall–Kier alpha value is -2.32. The van der Waals surface area contributed by atoms with Crippen molar-refractivity contribution in [1.82, 2.24) is 30.3 Å². The molecule has 1 atom stereocenters. The van der Waals surface area contributed by atoms with E-state index in [2.05, 4.69) is 39.6 Å². The van der Waals surface area contributed by atoms with E-state index in [9.17, 15) is 4.79 Å². The van der Waals surface area contributed by atoms with Crippen LogP contribution in [0.15, 0.2) is 4.99 Å². The standard InChI is InChI=1S/C23H43N7O2/c1-16(2)19(26-22(31)32-23(4,5)6)13-14-29(7)21(25-18-11-9-10-12-18)24-15-20-28-27-17(3)30(20)8/h16,18-19H,9-15H2,1-8H3,(H,24,25)(H,26,31). The molecule has 1 aliphatic carbocycles. The van der Waals surface area contributed by atoms with E-state index in [-0.39, 0.29) is 12.1 Å². The number of aryl methyl sites for hydroxylation is 1. The predicted molar refractivity (Wildman–Crippen MR) is 128 cm³/mol. The van der Waals surface area contributed by atoms with Gasteiger partial charge in [-0.05, 0) is 52.9 Å². The van der Waals surface area contributed by atoms with E-state index in [0.717, 1.165) is 30.6 Å². The fraction of sp³-hybridized carbons (Fsp3) is 0.826. The van der Waals surface area contributed by atoms with Crippen LogP contribution < -0.4 is 10.6 Å². The first-order valence-electron chi connectivity index (χ1n) is 11.8. The highest BCUT2D eigenvalue weighted by Crippen LogP contribution is 2.18. The number of hydrogen-bond acceptors (Lipinski definition) is 5. The summed E-state index contributed by atoms with van der Waals surface area (Å²) in [6.07, 6.45) is 5.28. The van der Waals surface area contributed by atoms with Crippen LogP contribution in [0, 0.1) is 12.8 Å². The molecule has 1 unspecified atom stereocenters. The zero-order chi connectivity index (χ0) is 23.9. The predicted octanol–water partition coefficient (Wildman–Crippen LogP) is 3.38. The van der Waals surface area contributed by atoms with Crippen LogP contribution in [0.4, 0.5) is 4.79 Å². The summed E-state index contributed by atoms with van der Waals surface area (Å²) < 4.78 is 7.42. The lowest BCUT2D eigenvalue weighted by Gasteiger charge is -2.29. The summed E-state index contributed by atoms with van der Waals surface area (Å²) in [7, 11) is 4.01. The number of amides is 1. The van der Waals surface area contributed by atoms with Crippen LogP contribution in [0.25, 0.3) is 0 Å². The third kappa shape index (κ3) is 8.31. The number of carbonyl (C=O) groups excluding carboxylic acids is 1. The molecule has 1 aromatic rings. The molecule has 1 fully saturated rings. The lowest BCUT2D eigenvalue weighted by atomic mass is 10.0. The van der Waals surface area contributed by atoms with Crippen molar-refractivity contribution in [1.29, 1.82) is 0 Å². The van der Waals surface area contributed by atoms with Gasteiger partial charge in [-0.2, -0.15) is 0 Å². The van der Waals surface area contributed by atoms with E-state index in [1.807, 2.05) is 46.4 Å². The number of ether oxygens (including phenoxy) is 1. The number of nitrogens with one attached hydrogen (secondary N) is 2. The number of nitrogens with zero attached hydrogens (tertiary/aromatic N) is 5. The van der Waals surface area contributed by atoms with Crippen LogP contribution in [0.3, 0.4) is 0 Å². The topological polar surface area (TPSA) is 96.7 Å². The number of aliphatic imine (C=N–C) groups is 1. The van der Waals surface area contributed by atoms with E-state index >= 15 is 0 Å². The summed E-state index contributed by atoms with van der Waals surface area (Å²) in [5.74, 6) is 2.88. The second kappa shape index (κ2) is 11.5. The van der Waals surface area contributed by atoms with Crippen molar-refractivity contribution in [3.63, 3.8) is 0 Å². The number of guanidine groups is 1. The Morgan fingerprint density at radius 3 is 2.47 bits per heavy atom. The number of aromatic nitrogens is 3. The monoisotopic (exact) mass is 449 g/mol. The summed E-state index contributed by atoms with van der Waals surface area (Å²) in [6, 6.07) is 0.472. The van der Waals surface area contributed by atoms with Gasteiger partial charge < -0.3 is 24.8 Å². The molecule has 2 rings (SSSR count). The van der Waals surface area contributed by atoms with Crippen LogP contribution in [0.2, 0.25) is 0 Å². The lowest BCUT2D eigenvalue weighted by Crippen LogP contribution is -2.47. The summed E-state index contributed by atoms with van der Waals surface area (Å²) in [5.41, 5.74) is -0.508. The van der Waals surface area contributed by atoms with E-state index in [1.165, 1.54) is 25.7 Å². The Morgan fingerprint density at radius 1 is 1.28 bits per heavy atom. The van der Waals surface area contributed by atoms with Gasteiger partial charge in [-0.3, -0.25) is 0 Å². The normalized spacial score (nSPS) is 16.3. The summed E-state index contributed by atoms with van der Waals surface area (Å²) in [6.45, 7) is 13.0. The molecule has 182 valence electrons. The fourth-order valence-electron chi connectivity index (χ4n) is 3.73. The van der Waals surface area contributed by atoms with Crippen molar-refractivity contribution in [2.24, 2.45) is 18.0 Å². The molecule has 2 N–H and O–H groups in total. The zero-order valence-electron chi connectivity index (χ0n) is 21.2. The molecule has 32 heavy (non-hydrogen) atoms. The van der Waals surface area contributed by atoms with Gasteiger partial charge in [-0.1, -0.05) is 26.7 Å². The number of alkyl carbamates (subject to hydrolysis) is 1. The second-order valence-corrected chi connectivity index (χ2v) is 10.2. The van der Waals surface area contributed by atoms with Gasteiger partial charge in [0, 0.05) is 32.7 Å². The molecule has 1 heterocycles. The molecule has 1 saturated carbocycles. The Bertz CT molecular complexity index is 761. The summed E-state index contributed by atoms with van der Waals surface area (Å²) in [4.78, 5) is 19.3. The van der Waals surface area contributed by atoms with Gasteiger partial charge >= 0.3 is 6.09 Å². The first kappa shape index (κ1) is 25.9. The van der Waals surface area contributed by atoms with Gasteiger partial charge in [-0.25, -0.2) is 9.79 Å². The SMILES string of the molecule is Cc1nnc(CN=C(NC2CCCC2)N(C)CCC(NC(=O)OC(C)(C)C)C(C)C)n1C. The maximum absolute atomic E-state index is 12.3. The van der Waals surface area contributed by atoms with E-state index in [4.69, 9.17) is 9.73 Å². The Kier molecular flexibility index (Phi) is 9.33. The van der Waals surface area contributed by atoms with Gasteiger partial charge in [0.15, 0.2) is 11.8 Å².